The van der Waals surface area contributed by atoms with Crippen molar-refractivity contribution < 1.29 is 18.7 Å². The van der Waals surface area contributed by atoms with Gasteiger partial charge in [0.05, 0.1) is 17.9 Å². The van der Waals surface area contributed by atoms with Gasteiger partial charge in [-0.25, -0.2) is 4.39 Å². The zero-order valence-electron chi connectivity index (χ0n) is 17.8. The first-order valence-electron chi connectivity index (χ1n) is 9.83. The maximum atomic E-state index is 14.7. The molecule has 0 unspecified atom stereocenters. The Morgan fingerprint density at radius 2 is 2.13 bits per heavy atom. The van der Waals surface area contributed by atoms with Gasteiger partial charge < -0.3 is 15.0 Å². The molecule has 2 aromatic rings. The van der Waals surface area contributed by atoms with Gasteiger partial charge in [0.15, 0.2) is 11.5 Å². The third-order valence-electron chi connectivity index (χ3n) is 4.90. The lowest BCUT2D eigenvalue weighted by Crippen LogP contribution is -2.49. The number of hydrogen-bond donors (Lipinski definition) is 1. The largest absolute Gasteiger partial charge is 0.489 e. The number of carbonyl (C=O) groups is 2. The van der Waals surface area contributed by atoms with Crippen molar-refractivity contribution in [1.29, 1.82) is 0 Å². The summed E-state index contributed by atoms with van der Waals surface area (Å²) in [5, 5.41) is 6.65. The summed E-state index contributed by atoms with van der Waals surface area (Å²) in [4.78, 5) is 26.9. The Morgan fingerprint density at radius 1 is 1.39 bits per heavy atom. The highest BCUT2D eigenvalue weighted by Crippen LogP contribution is 2.29. The summed E-state index contributed by atoms with van der Waals surface area (Å²) in [5.74, 6) is -1.35. The van der Waals surface area contributed by atoms with Crippen LogP contribution in [-0.2, 0) is 11.3 Å². The van der Waals surface area contributed by atoms with Gasteiger partial charge in [-0.1, -0.05) is 43.0 Å². The van der Waals surface area contributed by atoms with Gasteiger partial charge in [0.2, 0.25) is 0 Å². The fourth-order valence-electron chi connectivity index (χ4n) is 3.15. The Morgan fingerprint density at radius 3 is 2.87 bits per heavy atom. The molecule has 0 saturated carbocycles. The molecule has 0 aliphatic carbocycles. The van der Waals surface area contributed by atoms with E-state index in [4.69, 9.17) is 4.74 Å². The van der Waals surface area contributed by atoms with Crippen molar-refractivity contribution in [1.82, 2.24) is 15.1 Å². The van der Waals surface area contributed by atoms with Crippen LogP contribution in [0.3, 0.4) is 0 Å². The lowest BCUT2D eigenvalue weighted by Gasteiger charge is -2.20. The Bertz CT molecular complexity index is 1070. The first-order chi connectivity index (χ1) is 14.8. The summed E-state index contributed by atoms with van der Waals surface area (Å²) in [6.45, 7) is 7.51. The molecule has 1 aromatic heterocycles. The van der Waals surface area contributed by atoms with Crippen molar-refractivity contribution in [2.24, 2.45) is 0 Å². The summed E-state index contributed by atoms with van der Waals surface area (Å²) in [5.41, 5.74) is 1.13. The minimum Gasteiger partial charge on any atom is -0.489 e. The number of fused-ring (bicyclic) bond motifs is 1. The Labute approximate surface area is 180 Å². The molecule has 1 aromatic carbocycles. The van der Waals surface area contributed by atoms with Crippen LogP contribution in [-0.4, -0.2) is 41.3 Å². The summed E-state index contributed by atoms with van der Waals surface area (Å²) in [6, 6.07) is 6.10. The predicted octanol–water partition coefficient (Wildman–Crippen LogP) is 3.17. The van der Waals surface area contributed by atoms with Crippen LogP contribution in [0.2, 0.25) is 0 Å². The smallest absolute Gasteiger partial charge is 0.275 e. The van der Waals surface area contributed by atoms with Gasteiger partial charge in [-0.05, 0) is 31.6 Å². The predicted molar refractivity (Wildman–Crippen MR) is 117 cm³/mol. The molecule has 1 aliphatic heterocycles. The fraction of sp³-hybridized carbons (Fsp3) is 0.261. The highest BCUT2D eigenvalue weighted by atomic mass is 19.1. The van der Waals surface area contributed by atoms with E-state index in [9.17, 15) is 14.0 Å². The Hall–Kier alpha value is -3.68. The van der Waals surface area contributed by atoms with Crippen LogP contribution in [0.4, 0.5) is 10.1 Å². The molecule has 1 N–H and O–H groups in total. The number of nitrogens with zero attached hydrogens (tertiary/aromatic N) is 3. The molecule has 8 heteroatoms. The number of hydrogen-bond acceptors (Lipinski definition) is 4. The number of aromatic nitrogens is 2. The molecule has 2 amide bonds. The van der Waals surface area contributed by atoms with Crippen LogP contribution in [0.15, 0.2) is 60.7 Å². The third kappa shape index (κ3) is 4.74. The fourth-order valence-corrected chi connectivity index (χ4v) is 3.15. The monoisotopic (exact) mass is 424 g/mol. The average Bonchev–Trinajstić information content (AvgIpc) is 2.97. The summed E-state index contributed by atoms with van der Waals surface area (Å²) in [7, 11) is 1.60. The van der Waals surface area contributed by atoms with Crippen molar-refractivity contribution >= 4 is 17.5 Å². The number of anilines is 1. The van der Waals surface area contributed by atoms with Crippen molar-refractivity contribution in [3.63, 3.8) is 0 Å². The molecule has 31 heavy (non-hydrogen) atoms. The van der Waals surface area contributed by atoms with Gasteiger partial charge in [0.1, 0.15) is 18.4 Å². The summed E-state index contributed by atoms with van der Waals surface area (Å²) >= 11 is 0. The number of ether oxygens (including phenoxy) is 1. The zero-order valence-corrected chi connectivity index (χ0v) is 17.8. The number of benzene rings is 1. The number of nitrogens with one attached hydrogen (secondary N) is 1. The zero-order chi connectivity index (χ0) is 22.5. The minimum atomic E-state index is -0.978. The van der Waals surface area contributed by atoms with Crippen LogP contribution in [0.1, 0.15) is 23.1 Å². The van der Waals surface area contributed by atoms with E-state index in [1.807, 2.05) is 25.2 Å². The van der Waals surface area contributed by atoms with Gasteiger partial charge in [-0.2, -0.15) is 5.10 Å². The molecule has 0 fully saturated rings. The highest BCUT2D eigenvalue weighted by Gasteiger charge is 2.32. The lowest BCUT2D eigenvalue weighted by atomic mass is 10.2. The molecule has 2 heterocycles. The maximum Gasteiger partial charge on any atom is 0.275 e. The second-order valence-electron chi connectivity index (χ2n) is 7.15. The van der Waals surface area contributed by atoms with Crippen molar-refractivity contribution in [2.75, 3.05) is 18.6 Å². The molecule has 3 rings (SSSR count). The molecular formula is C23H25FN4O3. The number of para-hydroxylation sites is 2. The topological polar surface area (TPSA) is 76.5 Å². The van der Waals surface area contributed by atoms with E-state index in [0.717, 1.165) is 0 Å². The number of allylic oxidation sites excluding steroid dienone is 5. The number of likely N-dealkylation sites (N-methyl/N-ethyl adjacent to an activating group) is 1. The first kappa shape index (κ1) is 22.0. The van der Waals surface area contributed by atoms with Gasteiger partial charge in [0.25, 0.3) is 11.8 Å². The maximum absolute atomic E-state index is 14.7. The normalized spacial score (nSPS) is 16.3. The van der Waals surface area contributed by atoms with E-state index >= 15 is 0 Å². The van der Waals surface area contributed by atoms with Crippen LogP contribution < -0.4 is 15.0 Å². The SMILES string of the molecule is C=C(/C=C\C=C/C)Cn1nc(C(=O)N[C@H]2COc3ccccc3N(C)C2=O)c(F)c1C. The molecule has 1 aliphatic rings. The van der Waals surface area contributed by atoms with E-state index in [1.165, 1.54) is 16.5 Å². The molecule has 7 nitrogen and oxygen atoms in total. The molecular weight excluding hydrogens is 399 g/mol. The minimum absolute atomic E-state index is 0.0697. The van der Waals surface area contributed by atoms with Gasteiger partial charge >= 0.3 is 0 Å². The van der Waals surface area contributed by atoms with E-state index in [-0.39, 0.29) is 30.4 Å². The van der Waals surface area contributed by atoms with E-state index in [0.29, 0.717) is 17.0 Å². The average molecular weight is 424 g/mol. The van der Waals surface area contributed by atoms with Crippen LogP contribution in [0.25, 0.3) is 0 Å². The summed E-state index contributed by atoms with van der Waals surface area (Å²) in [6.07, 6.45) is 7.33. The van der Waals surface area contributed by atoms with E-state index in [2.05, 4.69) is 17.0 Å². The van der Waals surface area contributed by atoms with Crippen molar-refractivity contribution in [3.8, 4) is 5.75 Å². The second kappa shape index (κ2) is 9.42. The van der Waals surface area contributed by atoms with Crippen LogP contribution in [0.5, 0.6) is 5.75 Å². The number of carbonyl (C=O) groups excluding carboxylic acids is 2. The molecule has 0 bridgehead atoms. The van der Waals surface area contributed by atoms with Gasteiger partial charge in [0, 0.05) is 7.05 Å². The molecule has 1 atom stereocenters. The number of amides is 2. The first-order valence-corrected chi connectivity index (χ1v) is 9.83. The van der Waals surface area contributed by atoms with Crippen LogP contribution >= 0.6 is 0 Å². The van der Waals surface area contributed by atoms with Gasteiger partial charge in [-0.3, -0.25) is 14.3 Å². The molecule has 162 valence electrons. The third-order valence-corrected chi connectivity index (χ3v) is 4.90. The Balaban J connectivity index is 1.75. The summed E-state index contributed by atoms with van der Waals surface area (Å²) < 4.78 is 21.8. The quantitative estimate of drug-likeness (QED) is 0.723. The second-order valence-corrected chi connectivity index (χ2v) is 7.15. The van der Waals surface area contributed by atoms with E-state index < -0.39 is 17.8 Å². The molecule has 0 spiro atoms. The molecule has 0 radical (unpaired) electrons. The van der Waals surface area contributed by atoms with Gasteiger partial charge in [-0.15, -0.1) is 0 Å². The van der Waals surface area contributed by atoms with Crippen molar-refractivity contribution in [3.05, 3.63) is 77.9 Å². The standard InChI is InChI=1S/C23H25FN4O3/c1-5-6-7-10-15(2)13-28-16(3)20(24)21(26-28)22(29)25-17-14-31-19-12-9-8-11-18(19)27(4)23(17)30/h5-12,17H,2,13-14H2,1,3-4H3,(H,25,29)/b6-5-,10-7-/t17-/m0/s1. The van der Waals surface area contributed by atoms with Crippen LogP contribution in [0, 0.1) is 12.7 Å². The highest BCUT2D eigenvalue weighted by molar-refractivity contribution is 6.02. The van der Waals surface area contributed by atoms with E-state index in [1.54, 1.807) is 37.4 Å². The van der Waals surface area contributed by atoms with Crippen molar-refractivity contribution in [2.45, 2.75) is 26.4 Å². The molecule has 0 saturated heterocycles. The number of rotatable bonds is 6. The number of halogens is 1. The lowest BCUT2D eigenvalue weighted by molar-refractivity contribution is -0.120. The Kier molecular flexibility index (Phi) is 6.69.